The van der Waals surface area contributed by atoms with E-state index in [0.29, 0.717) is 22.3 Å². The Labute approximate surface area is 170 Å². The second-order valence-corrected chi connectivity index (χ2v) is 7.99. The lowest BCUT2D eigenvalue weighted by atomic mass is 10.2. The predicted octanol–water partition coefficient (Wildman–Crippen LogP) is 4.31. The van der Waals surface area contributed by atoms with Crippen LogP contribution < -0.4 is 5.32 Å². The fourth-order valence-corrected chi connectivity index (χ4v) is 4.44. The zero-order valence-corrected chi connectivity index (χ0v) is 17.0. The van der Waals surface area contributed by atoms with Gasteiger partial charge >= 0.3 is 0 Å². The van der Waals surface area contributed by atoms with Gasteiger partial charge in [0.2, 0.25) is 5.13 Å². The van der Waals surface area contributed by atoms with Crippen LogP contribution in [0.4, 0.5) is 5.82 Å². The van der Waals surface area contributed by atoms with E-state index in [1.807, 2.05) is 56.4 Å². The molecule has 0 fully saturated rings. The first-order valence-electron chi connectivity index (χ1n) is 9.19. The molecule has 8 heteroatoms. The molecule has 5 rings (SSSR count). The number of benzene rings is 1. The Morgan fingerprint density at radius 2 is 1.93 bits per heavy atom. The lowest BCUT2D eigenvalue weighted by molar-refractivity contribution is 0.102. The van der Waals surface area contributed by atoms with Crippen molar-refractivity contribution in [2.75, 3.05) is 5.32 Å². The average molecular weight is 402 g/mol. The van der Waals surface area contributed by atoms with E-state index in [1.165, 1.54) is 5.56 Å². The van der Waals surface area contributed by atoms with Crippen LogP contribution in [0.5, 0.6) is 0 Å². The highest BCUT2D eigenvalue weighted by Crippen LogP contribution is 2.28. The molecule has 0 aliphatic carbocycles. The van der Waals surface area contributed by atoms with Gasteiger partial charge in [-0.15, -0.1) is 0 Å². The highest BCUT2D eigenvalue weighted by atomic mass is 32.1. The maximum Gasteiger partial charge on any atom is 0.275 e. The molecule has 29 heavy (non-hydrogen) atoms. The van der Waals surface area contributed by atoms with Gasteiger partial charge in [-0.05, 0) is 50.6 Å². The third-order valence-electron chi connectivity index (χ3n) is 4.71. The monoisotopic (exact) mass is 402 g/mol. The van der Waals surface area contributed by atoms with Crippen molar-refractivity contribution in [2.45, 2.75) is 20.8 Å². The highest BCUT2D eigenvalue weighted by molar-refractivity contribution is 7.20. The molecule has 144 valence electrons. The normalized spacial score (nSPS) is 11.4. The van der Waals surface area contributed by atoms with Gasteiger partial charge in [-0.2, -0.15) is 9.78 Å². The molecule has 1 N–H and O–H groups in total. The van der Waals surface area contributed by atoms with E-state index in [9.17, 15) is 4.79 Å². The molecular weight excluding hydrogens is 384 g/mol. The summed E-state index contributed by atoms with van der Waals surface area (Å²) in [6.07, 6.45) is 1.84. The minimum Gasteiger partial charge on any atom is -0.305 e. The van der Waals surface area contributed by atoms with Gasteiger partial charge in [0.15, 0.2) is 0 Å². The number of hydrogen-bond donors (Lipinski definition) is 1. The van der Waals surface area contributed by atoms with E-state index < -0.39 is 0 Å². The number of aromatic nitrogens is 5. The quantitative estimate of drug-likeness (QED) is 0.488. The van der Waals surface area contributed by atoms with Crippen LogP contribution in [0.25, 0.3) is 21.0 Å². The molecule has 0 unspecified atom stereocenters. The average Bonchev–Trinajstić information content (AvgIpc) is 3.34. The van der Waals surface area contributed by atoms with Crippen molar-refractivity contribution < 1.29 is 4.79 Å². The van der Waals surface area contributed by atoms with E-state index in [1.54, 1.807) is 20.4 Å². The summed E-state index contributed by atoms with van der Waals surface area (Å²) in [6.45, 7) is 5.78. The number of amides is 1. The van der Waals surface area contributed by atoms with Crippen LogP contribution >= 0.6 is 11.3 Å². The number of imidazole rings is 1. The van der Waals surface area contributed by atoms with E-state index in [0.717, 1.165) is 21.6 Å². The Bertz CT molecular complexity index is 1390. The predicted molar refractivity (Wildman–Crippen MR) is 114 cm³/mol. The summed E-state index contributed by atoms with van der Waals surface area (Å²) < 4.78 is 4.56. The summed E-state index contributed by atoms with van der Waals surface area (Å²) >= 11 is 1.54. The Morgan fingerprint density at radius 3 is 2.79 bits per heavy atom. The lowest BCUT2D eigenvalue weighted by Crippen LogP contribution is -2.18. The van der Waals surface area contributed by atoms with E-state index in [4.69, 9.17) is 0 Å². The topological polar surface area (TPSA) is 77.1 Å². The van der Waals surface area contributed by atoms with Crippen LogP contribution in [-0.4, -0.2) is 30.1 Å². The SMILES string of the molecule is Cc1ccc2nc(-n3nc(C)cc3NC(=O)c3c(C)nc4ccccn34)sc2c1. The molecule has 0 aliphatic heterocycles. The van der Waals surface area contributed by atoms with Crippen LogP contribution in [0.15, 0.2) is 48.7 Å². The summed E-state index contributed by atoms with van der Waals surface area (Å²) in [5.41, 5.74) is 4.81. The third kappa shape index (κ3) is 2.98. The highest BCUT2D eigenvalue weighted by Gasteiger charge is 2.20. The number of rotatable bonds is 3. The van der Waals surface area contributed by atoms with Crippen LogP contribution in [0, 0.1) is 20.8 Å². The van der Waals surface area contributed by atoms with Crippen molar-refractivity contribution in [2.24, 2.45) is 0 Å². The second kappa shape index (κ2) is 6.52. The van der Waals surface area contributed by atoms with E-state index >= 15 is 0 Å². The van der Waals surface area contributed by atoms with Crippen LogP contribution in [0.3, 0.4) is 0 Å². The van der Waals surface area contributed by atoms with Crippen molar-refractivity contribution in [3.8, 4) is 5.13 Å². The lowest BCUT2D eigenvalue weighted by Gasteiger charge is -2.07. The fourth-order valence-electron chi connectivity index (χ4n) is 3.41. The van der Waals surface area contributed by atoms with Gasteiger partial charge in [-0.1, -0.05) is 23.5 Å². The molecule has 1 amide bonds. The maximum absolute atomic E-state index is 13.1. The van der Waals surface area contributed by atoms with Crippen molar-refractivity contribution in [1.82, 2.24) is 24.1 Å². The van der Waals surface area contributed by atoms with Crippen LogP contribution in [0.2, 0.25) is 0 Å². The number of carbonyl (C=O) groups excluding carboxylic acids is 1. The molecule has 4 heterocycles. The van der Waals surface area contributed by atoms with Crippen LogP contribution in [0.1, 0.15) is 27.4 Å². The molecule has 0 bridgehead atoms. The second-order valence-electron chi connectivity index (χ2n) is 6.98. The maximum atomic E-state index is 13.1. The molecule has 5 aromatic rings. The number of pyridine rings is 1. The van der Waals surface area contributed by atoms with Crippen molar-refractivity contribution in [1.29, 1.82) is 0 Å². The van der Waals surface area contributed by atoms with Crippen molar-refractivity contribution in [3.05, 3.63) is 71.3 Å². The summed E-state index contributed by atoms with van der Waals surface area (Å²) in [7, 11) is 0. The van der Waals surface area contributed by atoms with E-state index in [2.05, 4.69) is 33.4 Å². The molecule has 0 saturated heterocycles. The number of carbonyl (C=O) groups is 1. The number of aryl methyl sites for hydroxylation is 3. The summed E-state index contributed by atoms with van der Waals surface area (Å²) in [4.78, 5) is 22.2. The summed E-state index contributed by atoms with van der Waals surface area (Å²) in [5, 5.41) is 8.25. The summed E-state index contributed by atoms with van der Waals surface area (Å²) in [5.74, 6) is 0.341. The molecule has 0 aliphatic rings. The molecule has 1 aromatic carbocycles. The van der Waals surface area contributed by atoms with Gasteiger partial charge in [0.05, 0.1) is 21.6 Å². The van der Waals surface area contributed by atoms with Crippen LogP contribution in [-0.2, 0) is 0 Å². The molecule has 0 radical (unpaired) electrons. The van der Waals surface area contributed by atoms with E-state index in [-0.39, 0.29) is 5.91 Å². The molecule has 0 atom stereocenters. The number of thiazole rings is 1. The largest absolute Gasteiger partial charge is 0.305 e. The van der Waals surface area contributed by atoms with Gasteiger partial charge in [0, 0.05) is 12.3 Å². The molecule has 7 nitrogen and oxygen atoms in total. The van der Waals surface area contributed by atoms with Gasteiger partial charge in [0.1, 0.15) is 17.2 Å². The number of hydrogen-bond acceptors (Lipinski definition) is 5. The zero-order chi connectivity index (χ0) is 20.1. The van der Waals surface area contributed by atoms with Gasteiger partial charge in [-0.25, -0.2) is 9.97 Å². The minimum absolute atomic E-state index is 0.237. The molecule has 4 aromatic heterocycles. The van der Waals surface area contributed by atoms with Gasteiger partial charge < -0.3 is 5.32 Å². The first-order valence-corrected chi connectivity index (χ1v) is 10.0. The first-order chi connectivity index (χ1) is 14.0. The zero-order valence-electron chi connectivity index (χ0n) is 16.2. The Balaban J connectivity index is 1.55. The smallest absolute Gasteiger partial charge is 0.275 e. The molecular formula is C21H18N6OS. The first kappa shape index (κ1) is 17.6. The summed E-state index contributed by atoms with van der Waals surface area (Å²) in [6, 6.07) is 13.6. The standard InChI is InChI=1S/C21H18N6OS/c1-12-7-8-15-16(10-12)29-21(23-15)27-18(11-13(2)25-27)24-20(28)19-14(3)22-17-6-4-5-9-26(17)19/h4-11H,1-3H3,(H,24,28). The minimum atomic E-state index is -0.237. The van der Waals surface area contributed by atoms with Crippen molar-refractivity contribution in [3.63, 3.8) is 0 Å². The van der Waals surface area contributed by atoms with Gasteiger partial charge in [-0.3, -0.25) is 9.20 Å². The number of anilines is 1. The number of fused-ring (bicyclic) bond motifs is 2. The fraction of sp³-hybridized carbons (Fsp3) is 0.143. The number of nitrogens with zero attached hydrogens (tertiary/aromatic N) is 5. The van der Waals surface area contributed by atoms with Crippen molar-refractivity contribution >= 4 is 38.9 Å². The Morgan fingerprint density at radius 1 is 1.07 bits per heavy atom. The molecule has 0 spiro atoms. The molecule has 0 saturated carbocycles. The van der Waals surface area contributed by atoms with Gasteiger partial charge in [0.25, 0.3) is 5.91 Å². The third-order valence-corrected chi connectivity index (χ3v) is 5.70. The Kier molecular flexibility index (Phi) is 3.95. The number of nitrogens with one attached hydrogen (secondary N) is 1. The Hall–Kier alpha value is -3.52.